The summed E-state index contributed by atoms with van der Waals surface area (Å²) in [7, 11) is 0. The third-order valence-corrected chi connectivity index (χ3v) is 3.80. The van der Waals surface area contributed by atoms with Crippen LogP contribution < -0.4 is 15.8 Å². The van der Waals surface area contributed by atoms with E-state index in [-0.39, 0.29) is 18.3 Å². The van der Waals surface area contributed by atoms with Crippen molar-refractivity contribution in [3.63, 3.8) is 0 Å². The van der Waals surface area contributed by atoms with Crippen LogP contribution in [0, 0.1) is 6.92 Å². The van der Waals surface area contributed by atoms with Gasteiger partial charge in [0, 0.05) is 30.8 Å². The Labute approximate surface area is 161 Å². The van der Waals surface area contributed by atoms with Crippen LogP contribution in [0.2, 0.25) is 0 Å². The highest BCUT2D eigenvalue weighted by atomic mass is 35.5. The molecule has 142 valence electrons. The predicted octanol–water partition coefficient (Wildman–Crippen LogP) is 3.22. The van der Waals surface area contributed by atoms with Gasteiger partial charge in [0.1, 0.15) is 12.4 Å². The van der Waals surface area contributed by atoms with Crippen LogP contribution in [-0.2, 0) is 17.8 Å². The Balaban J connectivity index is 0.00000338. The van der Waals surface area contributed by atoms with Crippen molar-refractivity contribution < 1.29 is 14.3 Å². The highest BCUT2D eigenvalue weighted by Crippen LogP contribution is 2.20. The van der Waals surface area contributed by atoms with Gasteiger partial charge in [-0.2, -0.15) is 0 Å². The highest BCUT2D eigenvalue weighted by molar-refractivity contribution is 5.94. The van der Waals surface area contributed by atoms with E-state index in [0.29, 0.717) is 38.5 Å². The van der Waals surface area contributed by atoms with Gasteiger partial charge < -0.3 is 20.5 Å². The Hall–Kier alpha value is -2.08. The zero-order valence-corrected chi connectivity index (χ0v) is 16.1. The lowest BCUT2D eigenvalue weighted by molar-refractivity contribution is 0.0949. The second kappa shape index (κ2) is 11.5. The third-order valence-electron chi connectivity index (χ3n) is 3.80. The number of ether oxygens (including phenoxy) is 2. The summed E-state index contributed by atoms with van der Waals surface area (Å²) >= 11 is 0. The third kappa shape index (κ3) is 6.67. The average Bonchev–Trinajstić information content (AvgIpc) is 2.64. The topological polar surface area (TPSA) is 73.6 Å². The summed E-state index contributed by atoms with van der Waals surface area (Å²) in [5.41, 5.74) is 9.24. The molecule has 0 bridgehead atoms. The van der Waals surface area contributed by atoms with Crippen LogP contribution in [0.25, 0.3) is 0 Å². The van der Waals surface area contributed by atoms with E-state index in [1.165, 1.54) is 0 Å². The number of hydrogen-bond acceptors (Lipinski definition) is 4. The quantitative estimate of drug-likeness (QED) is 0.657. The molecule has 1 amide bonds. The first kappa shape index (κ1) is 22.0. The minimum Gasteiger partial charge on any atom is -0.491 e. The molecule has 0 aliphatic carbocycles. The fourth-order valence-electron chi connectivity index (χ4n) is 2.37. The Kier molecular flexibility index (Phi) is 9.73. The van der Waals surface area contributed by atoms with Crippen molar-refractivity contribution in [3.05, 3.63) is 64.7 Å². The van der Waals surface area contributed by atoms with Crippen molar-refractivity contribution in [3.8, 4) is 5.75 Å². The van der Waals surface area contributed by atoms with Gasteiger partial charge in [0.15, 0.2) is 0 Å². The van der Waals surface area contributed by atoms with Crippen molar-refractivity contribution in [1.82, 2.24) is 5.32 Å². The van der Waals surface area contributed by atoms with Crippen LogP contribution in [0.1, 0.15) is 34.0 Å². The average molecular weight is 379 g/mol. The lowest BCUT2D eigenvalue weighted by Crippen LogP contribution is -2.23. The first-order valence-electron chi connectivity index (χ1n) is 8.51. The second-order valence-corrected chi connectivity index (χ2v) is 5.74. The van der Waals surface area contributed by atoms with Crippen LogP contribution in [0.5, 0.6) is 5.75 Å². The number of hydrogen-bond donors (Lipinski definition) is 2. The van der Waals surface area contributed by atoms with E-state index in [4.69, 9.17) is 15.2 Å². The summed E-state index contributed by atoms with van der Waals surface area (Å²) in [6.45, 7) is 6.53. The lowest BCUT2D eigenvalue weighted by atomic mass is 10.1. The standard InChI is InChI=1S/C20H26N2O3.ClH/c1-3-24-10-11-25-19-12-15(2)4-7-18(19)14-22-20(23)17-8-5-16(13-21)6-9-17;/h4-9,12H,3,10-11,13-14,21H2,1-2H3,(H,22,23);1H. The summed E-state index contributed by atoms with van der Waals surface area (Å²) in [6, 6.07) is 13.3. The molecule has 0 heterocycles. The first-order valence-corrected chi connectivity index (χ1v) is 8.51. The maximum atomic E-state index is 12.3. The number of rotatable bonds is 9. The number of carbonyl (C=O) groups is 1. The van der Waals surface area contributed by atoms with Gasteiger partial charge in [0.2, 0.25) is 0 Å². The zero-order valence-electron chi connectivity index (χ0n) is 15.3. The van der Waals surface area contributed by atoms with E-state index in [2.05, 4.69) is 5.32 Å². The van der Waals surface area contributed by atoms with Crippen molar-refractivity contribution in [2.45, 2.75) is 26.9 Å². The molecule has 0 aromatic heterocycles. The number of amides is 1. The summed E-state index contributed by atoms with van der Waals surface area (Å²) in [6.07, 6.45) is 0. The molecule has 0 atom stereocenters. The van der Waals surface area contributed by atoms with Crippen LogP contribution >= 0.6 is 12.4 Å². The number of halogens is 1. The lowest BCUT2D eigenvalue weighted by Gasteiger charge is -2.13. The molecule has 2 aromatic carbocycles. The largest absolute Gasteiger partial charge is 0.491 e. The van der Waals surface area contributed by atoms with Gasteiger partial charge in [-0.15, -0.1) is 12.4 Å². The van der Waals surface area contributed by atoms with Crippen LogP contribution in [0.3, 0.4) is 0 Å². The van der Waals surface area contributed by atoms with Crippen LogP contribution in [-0.4, -0.2) is 25.7 Å². The molecular formula is C20H27ClN2O3. The maximum Gasteiger partial charge on any atom is 0.251 e. The van der Waals surface area contributed by atoms with Gasteiger partial charge in [-0.25, -0.2) is 0 Å². The van der Waals surface area contributed by atoms with Crippen LogP contribution in [0.4, 0.5) is 0 Å². The van der Waals surface area contributed by atoms with Gasteiger partial charge in [0.05, 0.1) is 6.61 Å². The molecule has 0 saturated heterocycles. The van der Waals surface area contributed by atoms with Gasteiger partial charge in [0.25, 0.3) is 5.91 Å². The monoisotopic (exact) mass is 378 g/mol. The van der Waals surface area contributed by atoms with Gasteiger partial charge in [-0.1, -0.05) is 24.3 Å². The summed E-state index contributed by atoms with van der Waals surface area (Å²) < 4.78 is 11.1. The molecule has 0 aliphatic rings. The molecule has 0 radical (unpaired) electrons. The molecule has 2 rings (SSSR count). The molecule has 26 heavy (non-hydrogen) atoms. The predicted molar refractivity (Wildman–Crippen MR) is 106 cm³/mol. The van der Waals surface area contributed by atoms with Gasteiger partial charge in [-0.3, -0.25) is 4.79 Å². The highest BCUT2D eigenvalue weighted by Gasteiger charge is 2.09. The summed E-state index contributed by atoms with van der Waals surface area (Å²) in [5, 5.41) is 2.93. The molecule has 0 saturated carbocycles. The molecular weight excluding hydrogens is 352 g/mol. The molecule has 0 fully saturated rings. The van der Waals surface area contributed by atoms with Crippen molar-refractivity contribution in [2.24, 2.45) is 5.73 Å². The molecule has 3 N–H and O–H groups in total. The molecule has 0 unspecified atom stereocenters. The van der Waals surface area contributed by atoms with E-state index in [1.54, 1.807) is 12.1 Å². The van der Waals surface area contributed by atoms with Gasteiger partial charge >= 0.3 is 0 Å². The van der Waals surface area contributed by atoms with Crippen molar-refractivity contribution in [2.75, 3.05) is 19.8 Å². The van der Waals surface area contributed by atoms with E-state index >= 15 is 0 Å². The maximum absolute atomic E-state index is 12.3. The first-order chi connectivity index (χ1) is 12.1. The Morgan fingerprint density at radius 3 is 2.50 bits per heavy atom. The molecule has 0 spiro atoms. The molecule has 5 nitrogen and oxygen atoms in total. The summed E-state index contributed by atoms with van der Waals surface area (Å²) in [4.78, 5) is 12.3. The molecule has 0 aliphatic heterocycles. The van der Waals surface area contributed by atoms with E-state index in [9.17, 15) is 4.79 Å². The second-order valence-electron chi connectivity index (χ2n) is 5.74. The number of nitrogens with two attached hydrogens (primary N) is 1. The fourth-order valence-corrected chi connectivity index (χ4v) is 2.37. The number of aryl methyl sites for hydroxylation is 1. The van der Waals surface area contributed by atoms with Crippen LogP contribution in [0.15, 0.2) is 42.5 Å². The van der Waals surface area contributed by atoms with Crippen molar-refractivity contribution in [1.29, 1.82) is 0 Å². The molecule has 2 aromatic rings. The Morgan fingerprint density at radius 1 is 1.12 bits per heavy atom. The fraction of sp³-hybridized carbons (Fsp3) is 0.350. The molecule has 6 heteroatoms. The number of benzene rings is 2. The normalized spacial score (nSPS) is 10.1. The minimum atomic E-state index is -0.121. The Morgan fingerprint density at radius 2 is 1.85 bits per heavy atom. The minimum absolute atomic E-state index is 0. The summed E-state index contributed by atoms with van der Waals surface area (Å²) in [5.74, 6) is 0.655. The SMILES string of the molecule is CCOCCOc1cc(C)ccc1CNC(=O)c1ccc(CN)cc1.Cl. The van der Waals surface area contributed by atoms with E-state index in [1.807, 2.05) is 44.2 Å². The van der Waals surface area contributed by atoms with E-state index in [0.717, 1.165) is 22.4 Å². The number of carbonyl (C=O) groups excluding carboxylic acids is 1. The zero-order chi connectivity index (χ0) is 18.1. The van der Waals surface area contributed by atoms with E-state index < -0.39 is 0 Å². The smallest absolute Gasteiger partial charge is 0.251 e. The number of nitrogens with one attached hydrogen (secondary N) is 1. The Bertz CT molecular complexity index is 690. The van der Waals surface area contributed by atoms with Gasteiger partial charge in [-0.05, 0) is 43.2 Å². The van der Waals surface area contributed by atoms with Crippen molar-refractivity contribution >= 4 is 18.3 Å².